The molecule has 1 saturated carbocycles. The third kappa shape index (κ3) is 10.2. The molecule has 11 heteroatoms. The summed E-state index contributed by atoms with van der Waals surface area (Å²) in [5.41, 5.74) is 4.84. The van der Waals surface area contributed by atoms with Crippen molar-refractivity contribution in [2.24, 2.45) is 0 Å². The number of hydrogen-bond donors (Lipinski definition) is 2. The number of unbranched alkanes of at least 4 members (excludes halogenated alkanes) is 2. The molecule has 2 atom stereocenters. The van der Waals surface area contributed by atoms with Gasteiger partial charge in [0, 0.05) is 43.7 Å². The Hall–Kier alpha value is -4.48. The van der Waals surface area contributed by atoms with Crippen molar-refractivity contribution in [3.8, 4) is 11.1 Å². The lowest BCUT2D eigenvalue weighted by Gasteiger charge is -2.38. The smallest absolute Gasteiger partial charge is 0.345 e. The van der Waals surface area contributed by atoms with E-state index in [2.05, 4.69) is 33.3 Å². The number of allylic oxidation sites excluding steroid dienone is 2. The number of rotatable bonds is 20. The van der Waals surface area contributed by atoms with Crippen LogP contribution in [0.5, 0.6) is 0 Å². The van der Waals surface area contributed by atoms with E-state index in [1.165, 1.54) is 6.07 Å². The number of likely N-dealkylation sites (tertiary alicyclic amines) is 1. The van der Waals surface area contributed by atoms with Gasteiger partial charge in [0.1, 0.15) is 11.6 Å². The maximum atomic E-state index is 17.0. The molecule has 1 aromatic heterocycles. The Balaban J connectivity index is 1.57. The lowest BCUT2D eigenvalue weighted by molar-refractivity contribution is -0.143. The highest BCUT2D eigenvalue weighted by molar-refractivity contribution is 5.85. The molecule has 2 N–H and O–H groups in total. The van der Waals surface area contributed by atoms with Crippen molar-refractivity contribution >= 4 is 11.9 Å². The summed E-state index contributed by atoms with van der Waals surface area (Å²) < 4.78 is 42.6. The van der Waals surface area contributed by atoms with Crippen molar-refractivity contribution in [3.05, 3.63) is 111 Å². The molecule has 3 aromatic rings. The molecule has 296 valence electrons. The fraction of sp³-hybridized carbons (Fsp3) is 0.500. The number of methoxy groups -OCH3 is 1. The third-order valence-corrected chi connectivity index (χ3v) is 11.1. The Bertz CT molecular complexity index is 1920. The van der Waals surface area contributed by atoms with Crippen LogP contribution >= 0.6 is 0 Å². The van der Waals surface area contributed by atoms with Gasteiger partial charge in [0.25, 0.3) is 0 Å². The summed E-state index contributed by atoms with van der Waals surface area (Å²) in [6.07, 6.45) is 9.80. The first-order valence-corrected chi connectivity index (χ1v) is 19.6. The quantitative estimate of drug-likeness (QED) is 0.0686. The molecule has 9 nitrogen and oxygen atoms in total. The Morgan fingerprint density at radius 1 is 1.09 bits per heavy atom. The number of benzene rings is 2. The molecule has 0 spiro atoms. The maximum Gasteiger partial charge on any atom is 0.345 e. The average Bonchev–Trinajstić information content (AvgIpc) is 3.09. The maximum absolute atomic E-state index is 17.0. The molecule has 2 aromatic carbocycles. The van der Waals surface area contributed by atoms with Gasteiger partial charge in [0.15, 0.2) is 0 Å². The van der Waals surface area contributed by atoms with E-state index in [1.807, 2.05) is 19.1 Å². The first-order chi connectivity index (χ1) is 26.5. The van der Waals surface area contributed by atoms with Crippen LogP contribution in [0.1, 0.15) is 115 Å². The van der Waals surface area contributed by atoms with Crippen LogP contribution in [0, 0.1) is 25.5 Å². The van der Waals surface area contributed by atoms with Crippen LogP contribution in [0.2, 0.25) is 0 Å². The van der Waals surface area contributed by atoms with Gasteiger partial charge in [-0.1, -0.05) is 18.6 Å². The van der Waals surface area contributed by atoms with Crippen molar-refractivity contribution in [1.82, 2.24) is 20.2 Å². The van der Waals surface area contributed by atoms with Gasteiger partial charge in [-0.2, -0.15) is 4.98 Å². The Morgan fingerprint density at radius 2 is 1.85 bits per heavy atom. The van der Waals surface area contributed by atoms with Crippen LogP contribution in [-0.2, 0) is 31.9 Å². The predicted octanol–water partition coefficient (Wildman–Crippen LogP) is 7.84. The molecule has 55 heavy (non-hydrogen) atoms. The van der Waals surface area contributed by atoms with Gasteiger partial charge in [0.05, 0.1) is 31.1 Å². The lowest BCUT2D eigenvalue weighted by Crippen LogP contribution is -2.52. The minimum Gasteiger partial charge on any atom is -0.466 e. The number of esters is 1. The molecule has 1 saturated heterocycles. The topological polar surface area (TPSA) is 114 Å². The first-order valence-electron chi connectivity index (χ1n) is 19.6. The number of amides is 1. The molecule has 0 unspecified atom stereocenters. The fourth-order valence-electron chi connectivity index (χ4n) is 7.90. The van der Waals surface area contributed by atoms with Crippen molar-refractivity contribution in [2.45, 2.75) is 109 Å². The molecular formula is C44H56F2N4O5. The summed E-state index contributed by atoms with van der Waals surface area (Å²) in [5.74, 6) is -2.85. The summed E-state index contributed by atoms with van der Waals surface area (Å²) in [6.45, 7) is 15.4. The summed E-state index contributed by atoms with van der Waals surface area (Å²) in [5, 5.41) is 3.01. The number of nitrogens with one attached hydrogen (secondary N) is 2. The predicted molar refractivity (Wildman–Crippen MR) is 211 cm³/mol. The lowest BCUT2D eigenvalue weighted by atomic mass is 9.77. The number of hydrogen-bond acceptors (Lipinski definition) is 7. The molecular weight excluding hydrogens is 703 g/mol. The molecule has 0 bridgehead atoms. The van der Waals surface area contributed by atoms with Gasteiger partial charge in [-0.3, -0.25) is 14.5 Å². The molecule has 2 aliphatic rings. The van der Waals surface area contributed by atoms with Crippen molar-refractivity contribution in [1.29, 1.82) is 0 Å². The monoisotopic (exact) mass is 758 g/mol. The van der Waals surface area contributed by atoms with Gasteiger partial charge in [-0.05, 0) is 136 Å². The number of nitrogens with zero attached hydrogens (tertiary/aromatic N) is 2. The average molecular weight is 759 g/mol. The molecule has 5 rings (SSSR count). The van der Waals surface area contributed by atoms with Crippen molar-refractivity contribution in [3.63, 3.8) is 0 Å². The van der Waals surface area contributed by atoms with Gasteiger partial charge in [-0.15, -0.1) is 13.2 Å². The molecule has 2 heterocycles. The second kappa shape index (κ2) is 19.4. The number of aromatic amines is 1. The van der Waals surface area contributed by atoms with Gasteiger partial charge < -0.3 is 19.8 Å². The Labute approximate surface area is 323 Å². The van der Waals surface area contributed by atoms with Crippen LogP contribution in [0.25, 0.3) is 11.1 Å². The van der Waals surface area contributed by atoms with E-state index in [1.54, 1.807) is 39.2 Å². The van der Waals surface area contributed by atoms with Crippen LogP contribution in [0.4, 0.5) is 8.78 Å². The standard InChI is InChI=1S/C44H56F2N4O5/c1-7-10-11-12-15-30-21-32(45)20-27(4)40(30)31-22-36(29-16-13-17-29)41(46)37(23-31)38(24-39(51)55-9-3)48-43(52)35(14-8-2)42-34(28(5)47-44(53)49-42)18-19-50-25-33(26-50)54-6/h7-8,20-23,29,33,35,38H,1-2,9-19,24-26H2,3-6H3,(H,48,52)(H,47,49,53)/t35-,38-/m0/s1. The van der Waals surface area contributed by atoms with Gasteiger partial charge in [-0.25, -0.2) is 13.6 Å². The minimum atomic E-state index is -1.11. The molecule has 1 amide bonds. The first kappa shape index (κ1) is 41.7. The highest BCUT2D eigenvalue weighted by Crippen LogP contribution is 2.43. The fourth-order valence-corrected chi connectivity index (χ4v) is 7.90. The summed E-state index contributed by atoms with van der Waals surface area (Å²) >= 11 is 0. The van der Waals surface area contributed by atoms with E-state index in [0.29, 0.717) is 47.5 Å². The number of carbonyl (C=O) groups is 2. The van der Waals surface area contributed by atoms with E-state index in [0.717, 1.165) is 68.3 Å². The molecule has 1 aliphatic heterocycles. The number of carbonyl (C=O) groups excluding carboxylic acids is 2. The highest BCUT2D eigenvalue weighted by Gasteiger charge is 2.33. The van der Waals surface area contributed by atoms with Crippen LogP contribution in [0.3, 0.4) is 0 Å². The molecule has 0 radical (unpaired) electrons. The number of aromatic nitrogens is 2. The molecule has 1 aliphatic carbocycles. The normalized spacial score (nSPS) is 15.8. The summed E-state index contributed by atoms with van der Waals surface area (Å²) in [4.78, 5) is 49.7. The van der Waals surface area contributed by atoms with E-state index in [4.69, 9.17) is 9.47 Å². The highest BCUT2D eigenvalue weighted by atomic mass is 19.1. The second-order valence-electron chi connectivity index (χ2n) is 14.9. The number of ether oxygens (including phenoxy) is 2. The van der Waals surface area contributed by atoms with E-state index >= 15 is 4.39 Å². The van der Waals surface area contributed by atoms with Crippen LogP contribution in [0.15, 0.2) is 54.4 Å². The van der Waals surface area contributed by atoms with E-state index in [-0.39, 0.29) is 42.9 Å². The largest absolute Gasteiger partial charge is 0.466 e. The third-order valence-electron chi connectivity index (χ3n) is 11.1. The number of H-pyrrole nitrogens is 1. The number of aryl methyl sites for hydroxylation is 3. The Kier molecular flexibility index (Phi) is 14.7. The zero-order valence-electron chi connectivity index (χ0n) is 32.8. The zero-order valence-corrected chi connectivity index (χ0v) is 32.8. The second-order valence-corrected chi connectivity index (χ2v) is 14.9. The summed E-state index contributed by atoms with van der Waals surface area (Å²) in [6, 6.07) is 5.48. The van der Waals surface area contributed by atoms with Crippen LogP contribution < -0.4 is 11.0 Å². The zero-order chi connectivity index (χ0) is 39.6. The van der Waals surface area contributed by atoms with E-state index < -0.39 is 35.3 Å². The minimum absolute atomic E-state index is 0.0269. The van der Waals surface area contributed by atoms with Gasteiger partial charge >= 0.3 is 11.7 Å². The number of halogens is 2. The molecule has 2 fully saturated rings. The van der Waals surface area contributed by atoms with Gasteiger partial charge in [0.2, 0.25) is 5.91 Å². The Morgan fingerprint density at radius 3 is 2.51 bits per heavy atom. The SMILES string of the molecule is C=CCCCCc1cc(F)cc(C)c1-c1cc(C2CCC2)c(F)c([C@H](CC(=O)OCC)NC(=O)[C@@H](CC=C)c2[nH]c(=O)nc(C)c2CCN2CC(OC)C2)c1. The van der Waals surface area contributed by atoms with E-state index in [9.17, 15) is 18.8 Å². The van der Waals surface area contributed by atoms with Crippen molar-refractivity contribution in [2.75, 3.05) is 33.4 Å². The van der Waals surface area contributed by atoms with Crippen molar-refractivity contribution < 1.29 is 27.8 Å². The van der Waals surface area contributed by atoms with Crippen LogP contribution in [-0.4, -0.2) is 66.2 Å². The summed E-state index contributed by atoms with van der Waals surface area (Å²) in [7, 11) is 1.69.